The molecule has 0 unspecified atom stereocenters. The first-order valence-electron chi connectivity index (χ1n) is 7.54. The molecule has 0 fully saturated rings. The van der Waals surface area contributed by atoms with Crippen LogP contribution in [0.4, 0.5) is 5.69 Å². The van der Waals surface area contributed by atoms with Crippen LogP contribution >= 0.6 is 0 Å². The Hall–Kier alpha value is -2.24. The summed E-state index contributed by atoms with van der Waals surface area (Å²) in [5.74, 6) is 0.0202. The summed E-state index contributed by atoms with van der Waals surface area (Å²) in [6, 6.07) is 4.82. The van der Waals surface area contributed by atoms with E-state index < -0.39 is 0 Å². The van der Waals surface area contributed by atoms with Crippen LogP contribution in [0, 0.1) is 0 Å². The first kappa shape index (κ1) is 17.8. The van der Waals surface area contributed by atoms with Crippen LogP contribution in [0.1, 0.15) is 44.0 Å². The van der Waals surface area contributed by atoms with E-state index in [2.05, 4.69) is 17.6 Å². The van der Waals surface area contributed by atoms with Gasteiger partial charge in [-0.15, -0.1) is 0 Å². The van der Waals surface area contributed by atoms with Gasteiger partial charge in [-0.05, 0) is 38.5 Å². The maximum absolute atomic E-state index is 11.9. The Labute approximate surface area is 131 Å². The van der Waals surface area contributed by atoms with E-state index in [9.17, 15) is 9.59 Å². The van der Waals surface area contributed by atoms with E-state index in [-0.39, 0.29) is 24.5 Å². The lowest BCUT2D eigenvalue weighted by molar-refractivity contribution is -0.123. The second kappa shape index (κ2) is 8.92. The monoisotopic (exact) mass is 307 g/mol. The zero-order chi connectivity index (χ0) is 16.5. The lowest BCUT2D eigenvalue weighted by atomic mass is 10.1. The van der Waals surface area contributed by atoms with Crippen LogP contribution in [-0.2, 0) is 4.79 Å². The van der Waals surface area contributed by atoms with Crippen LogP contribution in [0.2, 0.25) is 0 Å². The highest BCUT2D eigenvalue weighted by atomic mass is 16.5. The number of nitrogens with two attached hydrogens (primary N) is 1. The smallest absolute Gasteiger partial charge is 0.257 e. The van der Waals surface area contributed by atoms with Gasteiger partial charge in [-0.2, -0.15) is 0 Å². The fourth-order valence-electron chi connectivity index (χ4n) is 1.77. The summed E-state index contributed by atoms with van der Waals surface area (Å²) in [6.07, 6.45) is 1.96. The summed E-state index contributed by atoms with van der Waals surface area (Å²) >= 11 is 0. The van der Waals surface area contributed by atoms with Gasteiger partial charge < -0.3 is 21.1 Å². The third-order valence-electron chi connectivity index (χ3n) is 2.90. The second-order valence-corrected chi connectivity index (χ2v) is 5.37. The van der Waals surface area contributed by atoms with Crippen LogP contribution < -0.4 is 21.1 Å². The first-order chi connectivity index (χ1) is 10.4. The number of amides is 2. The van der Waals surface area contributed by atoms with Crippen LogP contribution in [0.5, 0.6) is 5.75 Å². The van der Waals surface area contributed by atoms with Crippen molar-refractivity contribution in [3.63, 3.8) is 0 Å². The average molecular weight is 307 g/mol. The topological polar surface area (TPSA) is 93.4 Å². The summed E-state index contributed by atoms with van der Waals surface area (Å²) in [4.78, 5) is 23.4. The molecule has 0 aliphatic rings. The van der Waals surface area contributed by atoms with Crippen molar-refractivity contribution in [1.29, 1.82) is 0 Å². The fraction of sp³-hybridized carbons (Fsp3) is 0.500. The zero-order valence-corrected chi connectivity index (χ0v) is 13.4. The highest BCUT2D eigenvalue weighted by Gasteiger charge is 2.10. The van der Waals surface area contributed by atoms with Crippen LogP contribution in [-0.4, -0.2) is 31.0 Å². The van der Waals surface area contributed by atoms with E-state index in [0.29, 0.717) is 23.5 Å². The van der Waals surface area contributed by atoms with Crippen molar-refractivity contribution in [3.05, 3.63) is 23.8 Å². The first-order valence-corrected chi connectivity index (χ1v) is 7.54. The molecule has 0 radical (unpaired) electrons. The van der Waals surface area contributed by atoms with Crippen molar-refractivity contribution in [2.45, 2.75) is 39.7 Å². The molecular formula is C16H25N3O3. The van der Waals surface area contributed by atoms with Gasteiger partial charge in [0.2, 0.25) is 0 Å². The Morgan fingerprint density at radius 3 is 2.64 bits per heavy atom. The summed E-state index contributed by atoms with van der Waals surface area (Å²) in [5.41, 5.74) is 6.66. The molecule has 1 aromatic rings. The number of nitrogens with one attached hydrogen (secondary N) is 2. The molecule has 122 valence electrons. The van der Waals surface area contributed by atoms with E-state index in [1.165, 1.54) is 0 Å². The number of hydrogen-bond acceptors (Lipinski definition) is 4. The Bertz CT molecular complexity index is 515. The molecule has 0 spiro atoms. The van der Waals surface area contributed by atoms with Crippen molar-refractivity contribution >= 4 is 17.5 Å². The average Bonchev–Trinajstić information content (AvgIpc) is 2.45. The Morgan fingerprint density at radius 1 is 1.32 bits per heavy atom. The molecule has 0 heterocycles. The predicted molar refractivity (Wildman–Crippen MR) is 86.9 cm³/mol. The van der Waals surface area contributed by atoms with Gasteiger partial charge in [0.15, 0.2) is 6.61 Å². The van der Waals surface area contributed by atoms with Crippen LogP contribution in [0.15, 0.2) is 18.2 Å². The Morgan fingerprint density at radius 2 is 2.05 bits per heavy atom. The molecule has 4 N–H and O–H groups in total. The summed E-state index contributed by atoms with van der Waals surface area (Å²) in [5, 5.41) is 5.54. The highest BCUT2D eigenvalue weighted by molar-refractivity contribution is 5.95. The van der Waals surface area contributed by atoms with Gasteiger partial charge in [0.05, 0.1) is 5.69 Å². The van der Waals surface area contributed by atoms with E-state index in [1.54, 1.807) is 18.2 Å². The minimum absolute atomic E-state index is 0.0523. The number of hydrogen-bond donors (Lipinski definition) is 3. The van der Waals surface area contributed by atoms with Crippen molar-refractivity contribution in [2.24, 2.45) is 0 Å². The number of unbranched alkanes of at least 4 members (excludes halogenated alkanes) is 1. The third-order valence-corrected chi connectivity index (χ3v) is 2.90. The van der Waals surface area contributed by atoms with Crippen molar-refractivity contribution in [1.82, 2.24) is 10.6 Å². The van der Waals surface area contributed by atoms with Crippen molar-refractivity contribution in [3.8, 4) is 5.75 Å². The molecule has 0 saturated carbocycles. The normalized spacial score (nSPS) is 10.4. The van der Waals surface area contributed by atoms with E-state index >= 15 is 0 Å². The van der Waals surface area contributed by atoms with Gasteiger partial charge in [0.25, 0.3) is 11.8 Å². The predicted octanol–water partition coefficient (Wildman–Crippen LogP) is 1.70. The van der Waals surface area contributed by atoms with Gasteiger partial charge in [0.1, 0.15) is 5.75 Å². The second-order valence-electron chi connectivity index (χ2n) is 5.37. The molecule has 6 heteroatoms. The molecule has 0 aliphatic heterocycles. The number of ether oxygens (including phenoxy) is 1. The maximum Gasteiger partial charge on any atom is 0.257 e. The number of anilines is 1. The quantitative estimate of drug-likeness (QED) is 0.503. The summed E-state index contributed by atoms with van der Waals surface area (Å²) < 4.78 is 5.38. The number of carbonyl (C=O) groups is 2. The van der Waals surface area contributed by atoms with E-state index in [4.69, 9.17) is 10.5 Å². The standard InChI is InChI=1S/C16H25N3O3/c1-4-5-8-18-15(20)10-22-14-7-6-12(9-13(14)17)16(21)19-11(2)3/h6-7,9,11H,4-5,8,10,17H2,1-3H3,(H,18,20)(H,19,21). The number of carbonyl (C=O) groups excluding carboxylic acids is 2. The molecule has 0 saturated heterocycles. The molecule has 0 atom stereocenters. The van der Waals surface area contributed by atoms with Gasteiger partial charge in [-0.25, -0.2) is 0 Å². The van der Waals surface area contributed by atoms with Gasteiger partial charge in [0, 0.05) is 18.2 Å². The fourth-order valence-corrected chi connectivity index (χ4v) is 1.77. The van der Waals surface area contributed by atoms with Crippen LogP contribution in [0.3, 0.4) is 0 Å². The minimum Gasteiger partial charge on any atom is -0.482 e. The van der Waals surface area contributed by atoms with Gasteiger partial charge in [-0.3, -0.25) is 9.59 Å². The lowest BCUT2D eigenvalue weighted by Gasteiger charge is -2.12. The third kappa shape index (κ3) is 6.03. The molecule has 0 bridgehead atoms. The Kier molecular flexibility index (Phi) is 7.22. The minimum atomic E-state index is -0.189. The SMILES string of the molecule is CCCCNC(=O)COc1ccc(C(=O)NC(C)C)cc1N. The van der Waals surface area contributed by atoms with Gasteiger partial charge in [-0.1, -0.05) is 13.3 Å². The molecule has 22 heavy (non-hydrogen) atoms. The van der Waals surface area contributed by atoms with Gasteiger partial charge >= 0.3 is 0 Å². The largest absolute Gasteiger partial charge is 0.482 e. The number of rotatable bonds is 8. The Balaban J connectivity index is 2.55. The molecular weight excluding hydrogens is 282 g/mol. The number of nitrogen functional groups attached to an aromatic ring is 1. The van der Waals surface area contributed by atoms with Crippen LogP contribution in [0.25, 0.3) is 0 Å². The number of benzene rings is 1. The lowest BCUT2D eigenvalue weighted by Crippen LogP contribution is -2.30. The molecule has 0 aromatic heterocycles. The summed E-state index contributed by atoms with van der Waals surface area (Å²) in [6.45, 7) is 6.38. The molecule has 1 aromatic carbocycles. The molecule has 0 aliphatic carbocycles. The summed E-state index contributed by atoms with van der Waals surface area (Å²) in [7, 11) is 0. The van der Waals surface area contributed by atoms with E-state index in [1.807, 2.05) is 13.8 Å². The van der Waals surface area contributed by atoms with Crippen molar-refractivity contribution < 1.29 is 14.3 Å². The molecule has 6 nitrogen and oxygen atoms in total. The maximum atomic E-state index is 11.9. The van der Waals surface area contributed by atoms with E-state index in [0.717, 1.165) is 12.8 Å². The highest BCUT2D eigenvalue weighted by Crippen LogP contribution is 2.22. The van der Waals surface area contributed by atoms with Crippen molar-refractivity contribution in [2.75, 3.05) is 18.9 Å². The zero-order valence-electron chi connectivity index (χ0n) is 13.4. The molecule has 2 amide bonds. The molecule has 1 rings (SSSR count).